The lowest BCUT2D eigenvalue weighted by Crippen LogP contribution is -2.48. The van der Waals surface area contributed by atoms with Crippen LogP contribution < -0.4 is 26.0 Å². The van der Waals surface area contributed by atoms with Crippen LogP contribution in [0.2, 0.25) is 0 Å². The molecule has 5 N–H and O–H groups in total. The minimum atomic E-state index is -0.935. The third-order valence-electron chi connectivity index (χ3n) is 11.5. The van der Waals surface area contributed by atoms with Gasteiger partial charge in [0.05, 0.1) is 7.11 Å². The number of aromatic amines is 1. The molecule has 2 heterocycles. The molecule has 17 heteroatoms. The summed E-state index contributed by atoms with van der Waals surface area (Å²) >= 11 is 0. The van der Waals surface area contributed by atoms with Gasteiger partial charge in [0.25, 0.3) is 5.91 Å². The lowest BCUT2D eigenvalue weighted by molar-refractivity contribution is -0.130. The maximum absolute atomic E-state index is 14.1. The Morgan fingerprint density at radius 3 is 2.14 bits per heavy atom. The SMILES string of the molecule is COc1ccc(C[C@H](NC(=O)C2CCC(CNC(=O)OC(C)(C)C)CC2)C(=O)Nc2ccc(-c3nn[nH]n3)cc2)cc1-c1ccc(C(=O)NC2CCN(C(=O)OC(C)(C)C)CC2)cc1C. The number of aromatic nitrogens is 4. The molecule has 5 amide bonds. The minimum Gasteiger partial charge on any atom is -0.496 e. The van der Waals surface area contributed by atoms with Crippen molar-refractivity contribution in [3.8, 4) is 28.3 Å². The number of hydrogen-bond acceptors (Lipinski definition) is 11. The highest BCUT2D eigenvalue weighted by atomic mass is 16.6. The van der Waals surface area contributed by atoms with E-state index in [0.717, 1.165) is 35.1 Å². The minimum absolute atomic E-state index is 0.0807. The number of methoxy groups -OCH3 is 1. The summed E-state index contributed by atoms with van der Waals surface area (Å²) < 4.78 is 16.7. The second-order valence-corrected chi connectivity index (χ2v) is 18.9. The summed E-state index contributed by atoms with van der Waals surface area (Å²) in [5.74, 6) is 0.143. The third-order valence-corrected chi connectivity index (χ3v) is 11.5. The molecule has 6 rings (SSSR count). The Balaban J connectivity index is 1.14. The van der Waals surface area contributed by atoms with Gasteiger partial charge >= 0.3 is 12.2 Å². The zero-order chi connectivity index (χ0) is 46.9. The van der Waals surface area contributed by atoms with Gasteiger partial charge in [0.2, 0.25) is 17.6 Å². The Morgan fingerprint density at radius 2 is 1.52 bits per heavy atom. The van der Waals surface area contributed by atoms with Gasteiger partial charge in [-0.05, 0) is 163 Å². The van der Waals surface area contributed by atoms with Gasteiger partial charge in [-0.25, -0.2) is 9.59 Å². The number of benzene rings is 3. The fourth-order valence-electron chi connectivity index (χ4n) is 8.12. The maximum Gasteiger partial charge on any atom is 0.410 e. The van der Waals surface area contributed by atoms with Crippen molar-refractivity contribution in [3.63, 3.8) is 0 Å². The highest BCUT2D eigenvalue weighted by Gasteiger charge is 2.31. The van der Waals surface area contributed by atoms with Crippen molar-refractivity contribution >= 4 is 35.6 Å². The number of hydrogen-bond donors (Lipinski definition) is 5. The van der Waals surface area contributed by atoms with Crippen LogP contribution >= 0.6 is 0 Å². The van der Waals surface area contributed by atoms with E-state index < -0.39 is 23.3 Å². The Morgan fingerprint density at radius 1 is 0.831 bits per heavy atom. The zero-order valence-electron chi connectivity index (χ0n) is 38.7. The number of likely N-dealkylation sites (tertiary alicyclic amines) is 1. The fourth-order valence-corrected chi connectivity index (χ4v) is 8.12. The predicted molar refractivity (Wildman–Crippen MR) is 245 cm³/mol. The number of nitrogens with one attached hydrogen (secondary N) is 5. The summed E-state index contributed by atoms with van der Waals surface area (Å²) in [4.78, 5) is 67.9. The number of H-pyrrole nitrogens is 1. The van der Waals surface area contributed by atoms with Crippen LogP contribution in [0.3, 0.4) is 0 Å². The quantitative estimate of drug-likeness (QED) is 0.0922. The number of carbonyl (C=O) groups excluding carboxylic acids is 5. The van der Waals surface area contributed by atoms with Crippen molar-refractivity contribution in [2.24, 2.45) is 11.8 Å². The van der Waals surface area contributed by atoms with Gasteiger partial charge in [-0.15, -0.1) is 10.2 Å². The number of piperidine rings is 1. The second kappa shape index (κ2) is 21.0. The first-order chi connectivity index (χ1) is 30.8. The van der Waals surface area contributed by atoms with E-state index in [4.69, 9.17) is 14.2 Å². The molecule has 1 aliphatic carbocycles. The molecule has 1 saturated carbocycles. The number of carbonyl (C=O) groups is 5. The smallest absolute Gasteiger partial charge is 0.410 e. The van der Waals surface area contributed by atoms with Crippen LogP contribution in [0.1, 0.15) is 102 Å². The van der Waals surface area contributed by atoms with E-state index in [1.807, 2.05) is 78.8 Å². The molecule has 1 atom stereocenters. The summed E-state index contributed by atoms with van der Waals surface area (Å²) in [6.45, 7) is 14.4. The number of amides is 5. The summed E-state index contributed by atoms with van der Waals surface area (Å²) in [6.07, 6.45) is 3.34. The Hall–Kier alpha value is -6.52. The van der Waals surface area contributed by atoms with Gasteiger partial charge in [-0.2, -0.15) is 5.21 Å². The van der Waals surface area contributed by atoms with Gasteiger partial charge < -0.3 is 40.4 Å². The molecule has 2 aliphatic rings. The first-order valence-electron chi connectivity index (χ1n) is 22.3. The lowest BCUT2D eigenvalue weighted by atomic mass is 9.81. The van der Waals surface area contributed by atoms with Crippen LogP contribution in [-0.4, -0.2) is 105 Å². The topological polar surface area (TPSA) is 219 Å². The summed E-state index contributed by atoms with van der Waals surface area (Å²) in [7, 11) is 1.59. The molecular weight excluding hydrogens is 831 g/mol. The first-order valence-corrected chi connectivity index (χ1v) is 22.3. The van der Waals surface area contributed by atoms with Crippen LogP contribution in [-0.2, 0) is 25.5 Å². The molecule has 1 saturated heterocycles. The molecular formula is C48H63N9O8. The standard InChI is InChI=1S/C48H63N9O8/c1-29-25-34(43(59)50-36-21-23-57(24-22-36)46(62)65-48(5,6)7)16-19-37(29)38-26-31(11-20-40(38)63-8)27-39(44(60)51-35-17-14-32(15-18-35)41-53-55-56-54-41)52-42(58)33-12-9-30(10-13-33)28-49-45(61)64-47(2,3)4/h11,14-20,25-26,30,33,36,39H,9-10,12-13,21-24,27-28H2,1-8H3,(H,49,61)(H,50,59)(H,51,60)(H,52,58)(H,53,54,55,56)/t30?,33?,39-/m0/s1. The Bertz CT molecular complexity index is 2290. The van der Waals surface area contributed by atoms with E-state index in [0.29, 0.717) is 73.7 Å². The van der Waals surface area contributed by atoms with E-state index in [1.165, 1.54) is 0 Å². The molecule has 0 radical (unpaired) electrons. The molecule has 2 fully saturated rings. The van der Waals surface area contributed by atoms with Crippen molar-refractivity contribution in [3.05, 3.63) is 77.4 Å². The molecule has 3 aromatic carbocycles. The summed E-state index contributed by atoms with van der Waals surface area (Å²) in [6, 6.07) is 17.2. The van der Waals surface area contributed by atoms with Gasteiger partial charge in [-0.1, -0.05) is 12.1 Å². The van der Waals surface area contributed by atoms with Crippen LogP contribution in [0.15, 0.2) is 60.7 Å². The van der Waals surface area contributed by atoms with E-state index in [9.17, 15) is 24.0 Å². The van der Waals surface area contributed by atoms with Crippen LogP contribution in [0.4, 0.5) is 15.3 Å². The predicted octanol–water partition coefficient (Wildman–Crippen LogP) is 6.98. The number of anilines is 1. The summed E-state index contributed by atoms with van der Waals surface area (Å²) in [5.41, 5.74) is 3.82. The van der Waals surface area contributed by atoms with Crippen molar-refractivity contribution in [1.29, 1.82) is 0 Å². The third kappa shape index (κ3) is 13.7. The molecule has 17 nitrogen and oxygen atoms in total. The highest BCUT2D eigenvalue weighted by Crippen LogP contribution is 2.35. The summed E-state index contributed by atoms with van der Waals surface area (Å²) in [5, 5.41) is 26.1. The Labute approximate surface area is 380 Å². The molecule has 0 spiro atoms. The second-order valence-electron chi connectivity index (χ2n) is 18.9. The van der Waals surface area contributed by atoms with E-state index in [1.54, 1.807) is 42.3 Å². The largest absolute Gasteiger partial charge is 0.496 e. The fraction of sp³-hybridized carbons (Fsp3) is 0.500. The van der Waals surface area contributed by atoms with Crippen molar-refractivity contribution in [2.75, 3.05) is 32.1 Å². The monoisotopic (exact) mass is 893 g/mol. The van der Waals surface area contributed by atoms with Crippen LogP contribution in [0.25, 0.3) is 22.5 Å². The average molecular weight is 894 g/mol. The van der Waals surface area contributed by atoms with Crippen LogP contribution in [0.5, 0.6) is 5.75 Å². The van der Waals surface area contributed by atoms with Gasteiger partial charge in [0.1, 0.15) is 23.0 Å². The van der Waals surface area contributed by atoms with Gasteiger partial charge in [-0.3, -0.25) is 14.4 Å². The molecule has 4 aromatic rings. The number of ether oxygens (including phenoxy) is 3. The van der Waals surface area contributed by atoms with E-state index in [-0.39, 0.29) is 48.1 Å². The number of alkyl carbamates (subject to hydrolysis) is 1. The van der Waals surface area contributed by atoms with E-state index >= 15 is 0 Å². The molecule has 65 heavy (non-hydrogen) atoms. The maximum atomic E-state index is 14.1. The molecule has 1 aromatic heterocycles. The molecule has 1 aliphatic heterocycles. The Kier molecular flexibility index (Phi) is 15.5. The number of aryl methyl sites for hydroxylation is 1. The van der Waals surface area contributed by atoms with E-state index in [2.05, 4.69) is 41.9 Å². The zero-order valence-corrected chi connectivity index (χ0v) is 38.7. The van der Waals surface area contributed by atoms with Crippen molar-refractivity contribution in [1.82, 2.24) is 41.5 Å². The average Bonchev–Trinajstić information content (AvgIpc) is 3.80. The van der Waals surface area contributed by atoms with Crippen molar-refractivity contribution in [2.45, 2.75) is 117 Å². The van der Waals surface area contributed by atoms with Gasteiger partial charge in [0.15, 0.2) is 0 Å². The highest BCUT2D eigenvalue weighted by molar-refractivity contribution is 5.98. The first kappa shape index (κ1) is 47.9. The van der Waals surface area contributed by atoms with Crippen LogP contribution in [0, 0.1) is 18.8 Å². The molecule has 0 bridgehead atoms. The number of rotatable bonds is 13. The molecule has 0 unspecified atom stereocenters. The number of nitrogens with zero attached hydrogens (tertiary/aromatic N) is 4. The van der Waals surface area contributed by atoms with Crippen molar-refractivity contribution < 1.29 is 38.2 Å². The lowest BCUT2D eigenvalue weighted by Gasteiger charge is -2.33. The normalized spacial score (nSPS) is 17.3. The molecule has 348 valence electrons. The number of tetrazole rings is 1. The van der Waals surface area contributed by atoms with Gasteiger partial charge in [0, 0.05) is 60.4 Å².